The zero-order valence-corrected chi connectivity index (χ0v) is 14.7. The molecule has 1 atom stereocenters. The van der Waals surface area contributed by atoms with E-state index in [1.54, 1.807) is 6.20 Å². The van der Waals surface area contributed by atoms with Crippen LogP contribution in [0.15, 0.2) is 24.5 Å². The lowest BCUT2D eigenvalue weighted by Gasteiger charge is -2.19. The van der Waals surface area contributed by atoms with Crippen LogP contribution in [0.25, 0.3) is 0 Å². The molecule has 25 heavy (non-hydrogen) atoms. The summed E-state index contributed by atoms with van der Waals surface area (Å²) in [5.41, 5.74) is 1.88. The predicted octanol–water partition coefficient (Wildman–Crippen LogP) is 3.34. The molecule has 3 rings (SSSR count). The first-order valence-corrected chi connectivity index (χ1v) is 8.73. The first-order chi connectivity index (χ1) is 12.2. The fraction of sp³-hybridized carbons (Fsp3) is 0.500. The Labute approximate surface area is 148 Å². The van der Waals surface area contributed by atoms with Gasteiger partial charge in [-0.3, -0.25) is 5.32 Å². The number of hydrogen-bond donors (Lipinski definition) is 2. The molecule has 0 spiro atoms. The highest BCUT2D eigenvalue weighted by Gasteiger charge is 2.20. The Kier molecular flexibility index (Phi) is 5.39. The summed E-state index contributed by atoms with van der Waals surface area (Å²) in [7, 11) is 1.88. The van der Waals surface area contributed by atoms with E-state index >= 15 is 0 Å². The van der Waals surface area contributed by atoms with Crippen LogP contribution in [0.3, 0.4) is 0 Å². The standard InChI is InChI=1S/C18H24N6O/c1-13(11-24-10-9-21-18(24)22-12-19)15-7-8-16(20-2)17(23-15)25-14-5-3-4-6-14/h7-10,13-14,20H,3-6,11H2,1-2H3,(H,21,22). The van der Waals surface area contributed by atoms with Gasteiger partial charge in [-0.15, -0.1) is 0 Å². The first kappa shape index (κ1) is 17.1. The SMILES string of the molecule is CNc1ccc(C(C)Cn2ccnc2NC#N)nc1OC1CCCC1. The second-order valence-corrected chi connectivity index (χ2v) is 6.40. The Morgan fingerprint density at radius 3 is 2.92 bits per heavy atom. The predicted molar refractivity (Wildman–Crippen MR) is 96.5 cm³/mol. The molecule has 2 aromatic heterocycles. The molecule has 0 saturated heterocycles. The third-order valence-corrected chi connectivity index (χ3v) is 4.59. The molecule has 0 aliphatic heterocycles. The van der Waals surface area contributed by atoms with Gasteiger partial charge in [0.2, 0.25) is 11.8 Å². The van der Waals surface area contributed by atoms with Gasteiger partial charge >= 0.3 is 0 Å². The van der Waals surface area contributed by atoms with Crippen molar-refractivity contribution in [1.29, 1.82) is 5.26 Å². The second-order valence-electron chi connectivity index (χ2n) is 6.40. The first-order valence-electron chi connectivity index (χ1n) is 8.73. The number of imidazole rings is 1. The summed E-state index contributed by atoms with van der Waals surface area (Å²) in [6.45, 7) is 2.79. The molecule has 0 aromatic carbocycles. The number of hydrogen-bond acceptors (Lipinski definition) is 6. The maximum atomic E-state index is 8.79. The highest BCUT2D eigenvalue weighted by atomic mass is 16.5. The smallest absolute Gasteiger partial charge is 0.237 e. The Morgan fingerprint density at radius 1 is 1.40 bits per heavy atom. The van der Waals surface area contributed by atoms with Crippen LogP contribution in [-0.2, 0) is 6.54 Å². The van der Waals surface area contributed by atoms with Crippen molar-refractivity contribution < 1.29 is 4.74 Å². The van der Waals surface area contributed by atoms with Gasteiger partial charge in [0, 0.05) is 37.6 Å². The quantitative estimate of drug-likeness (QED) is 0.594. The lowest BCUT2D eigenvalue weighted by Crippen LogP contribution is -2.15. The zero-order valence-electron chi connectivity index (χ0n) is 14.7. The average molecular weight is 340 g/mol. The monoisotopic (exact) mass is 340 g/mol. The molecule has 7 nitrogen and oxygen atoms in total. The Hall–Kier alpha value is -2.75. The number of nitriles is 1. The molecule has 2 N–H and O–H groups in total. The van der Waals surface area contributed by atoms with E-state index in [1.807, 2.05) is 36.1 Å². The molecule has 1 aliphatic carbocycles. The summed E-state index contributed by atoms with van der Waals surface area (Å²) in [5, 5.41) is 14.5. The fourth-order valence-electron chi connectivity index (χ4n) is 3.19. The van der Waals surface area contributed by atoms with E-state index in [2.05, 4.69) is 22.5 Å². The fourth-order valence-corrected chi connectivity index (χ4v) is 3.19. The number of anilines is 2. The molecular formula is C18H24N6O. The minimum absolute atomic E-state index is 0.158. The minimum Gasteiger partial charge on any atom is -0.473 e. The number of nitrogens with zero attached hydrogens (tertiary/aromatic N) is 4. The van der Waals surface area contributed by atoms with E-state index in [0.717, 1.165) is 24.2 Å². The molecule has 1 saturated carbocycles. The molecule has 1 aliphatic rings. The maximum absolute atomic E-state index is 8.79. The summed E-state index contributed by atoms with van der Waals surface area (Å²) in [6.07, 6.45) is 10.4. The Morgan fingerprint density at radius 2 is 2.20 bits per heavy atom. The van der Waals surface area contributed by atoms with Gasteiger partial charge in [0.05, 0.1) is 5.69 Å². The van der Waals surface area contributed by atoms with Crippen LogP contribution >= 0.6 is 0 Å². The van der Waals surface area contributed by atoms with Crippen LogP contribution in [-0.4, -0.2) is 27.7 Å². The van der Waals surface area contributed by atoms with Crippen LogP contribution < -0.4 is 15.4 Å². The highest BCUT2D eigenvalue weighted by Crippen LogP contribution is 2.30. The van der Waals surface area contributed by atoms with Gasteiger partial charge in [-0.05, 0) is 37.8 Å². The minimum atomic E-state index is 0.158. The normalized spacial score (nSPS) is 15.6. The van der Waals surface area contributed by atoms with Gasteiger partial charge < -0.3 is 14.6 Å². The largest absolute Gasteiger partial charge is 0.473 e. The maximum Gasteiger partial charge on any atom is 0.237 e. The lowest BCUT2D eigenvalue weighted by molar-refractivity contribution is 0.202. The van der Waals surface area contributed by atoms with Crippen LogP contribution in [0.5, 0.6) is 5.88 Å². The van der Waals surface area contributed by atoms with Crippen molar-refractivity contribution in [3.63, 3.8) is 0 Å². The second kappa shape index (κ2) is 7.88. The Balaban J connectivity index is 1.76. The highest BCUT2D eigenvalue weighted by molar-refractivity contribution is 5.52. The van der Waals surface area contributed by atoms with Gasteiger partial charge in [-0.25, -0.2) is 9.97 Å². The molecule has 132 valence electrons. The molecule has 7 heteroatoms. The molecule has 2 aromatic rings. The summed E-state index contributed by atoms with van der Waals surface area (Å²) < 4.78 is 8.05. The number of ether oxygens (including phenoxy) is 1. The van der Waals surface area contributed by atoms with Gasteiger partial charge in [-0.1, -0.05) is 6.92 Å². The molecule has 1 fully saturated rings. The lowest BCUT2D eigenvalue weighted by atomic mass is 10.1. The molecule has 2 heterocycles. The summed E-state index contributed by atoms with van der Waals surface area (Å²) in [6, 6.07) is 4.04. The molecule has 0 amide bonds. The van der Waals surface area contributed by atoms with E-state index < -0.39 is 0 Å². The van der Waals surface area contributed by atoms with E-state index in [4.69, 9.17) is 15.0 Å². The molecule has 0 radical (unpaired) electrons. The Bertz CT molecular complexity index is 744. The number of nitrogens with one attached hydrogen (secondary N) is 2. The van der Waals surface area contributed by atoms with Crippen molar-refractivity contribution >= 4 is 11.6 Å². The van der Waals surface area contributed by atoms with Crippen molar-refractivity contribution in [3.8, 4) is 12.1 Å². The third kappa shape index (κ3) is 4.02. The zero-order chi connectivity index (χ0) is 17.6. The van der Waals surface area contributed by atoms with Crippen LogP contribution in [0, 0.1) is 11.5 Å². The van der Waals surface area contributed by atoms with E-state index in [9.17, 15) is 0 Å². The van der Waals surface area contributed by atoms with Crippen molar-refractivity contribution in [2.24, 2.45) is 0 Å². The van der Waals surface area contributed by atoms with Gasteiger partial charge in [0.1, 0.15) is 6.10 Å². The summed E-state index contributed by atoms with van der Waals surface area (Å²) in [5.74, 6) is 1.38. The number of pyridine rings is 1. The number of aromatic nitrogens is 3. The van der Waals surface area contributed by atoms with E-state index in [-0.39, 0.29) is 12.0 Å². The van der Waals surface area contributed by atoms with Crippen LogP contribution in [0.2, 0.25) is 0 Å². The third-order valence-electron chi connectivity index (χ3n) is 4.59. The average Bonchev–Trinajstić information content (AvgIpc) is 3.28. The van der Waals surface area contributed by atoms with Crippen LogP contribution in [0.1, 0.15) is 44.2 Å². The summed E-state index contributed by atoms with van der Waals surface area (Å²) >= 11 is 0. The summed E-state index contributed by atoms with van der Waals surface area (Å²) in [4.78, 5) is 8.90. The van der Waals surface area contributed by atoms with Gasteiger partial charge in [0.25, 0.3) is 0 Å². The topological polar surface area (TPSA) is 87.8 Å². The van der Waals surface area contributed by atoms with Crippen LogP contribution in [0.4, 0.5) is 11.6 Å². The number of rotatable bonds is 7. The van der Waals surface area contributed by atoms with Crippen molar-refractivity contribution in [2.45, 2.75) is 51.2 Å². The molecule has 0 bridgehead atoms. The molecule has 1 unspecified atom stereocenters. The van der Waals surface area contributed by atoms with Crippen molar-refractivity contribution in [2.75, 3.05) is 17.7 Å². The van der Waals surface area contributed by atoms with Crippen molar-refractivity contribution in [1.82, 2.24) is 14.5 Å². The van der Waals surface area contributed by atoms with Gasteiger partial charge in [-0.2, -0.15) is 5.26 Å². The van der Waals surface area contributed by atoms with E-state index in [0.29, 0.717) is 18.4 Å². The van der Waals surface area contributed by atoms with Crippen molar-refractivity contribution in [3.05, 3.63) is 30.2 Å². The van der Waals surface area contributed by atoms with E-state index in [1.165, 1.54) is 12.8 Å². The van der Waals surface area contributed by atoms with Gasteiger partial charge in [0.15, 0.2) is 6.19 Å². The molecular weight excluding hydrogens is 316 g/mol.